The van der Waals surface area contributed by atoms with Crippen LogP contribution in [0, 0.1) is 24.5 Å². The molecule has 1 nitrogen and oxygen atoms in total. The predicted molar refractivity (Wildman–Crippen MR) is 51.4 cm³/mol. The highest BCUT2D eigenvalue weighted by atomic mass is 19.2. The van der Waals surface area contributed by atoms with E-state index in [1.807, 2.05) is 13.8 Å². The smallest absolute Gasteiger partial charge is 0.200 e. The maximum atomic E-state index is 13.2. The Bertz CT molecular complexity index is 321. The largest absolute Gasteiger partial charge is 0.490 e. The molecule has 0 heterocycles. The first kappa shape index (κ1) is 11.0. The minimum Gasteiger partial charge on any atom is -0.490 e. The van der Waals surface area contributed by atoms with Crippen molar-refractivity contribution in [3.63, 3.8) is 0 Å². The van der Waals surface area contributed by atoms with E-state index in [4.69, 9.17) is 4.74 Å². The first-order valence-corrected chi connectivity index (χ1v) is 4.59. The lowest BCUT2D eigenvalue weighted by Gasteiger charge is -2.10. The third kappa shape index (κ3) is 2.44. The van der Waals surface area contributed by atoms with Gasteiger partial charge in [-0.1, -0.05) is 19.9 Å². The first-order valence-electron chi connectivity index (χ1n) is 4.59. The molecule has 0 saturated carbocycles. The fraction of sp³-hybridized carbons (Fsp3) is 0.455. The van der Waals surface area contributed by atoms with Crippen LogP contribution in [0.1, 0.15) is 19.4 Å². The standard InChI is InChI=1S/C11H14F2O/c1-7(2)6-14-9-5-4-8(3)10(12)11(9)13/h4-5,7H,6H2,1-3H3. The van der Waals surface area contributed by atoms with Gasteiger partial charge in [0, 0.05) is 0 Å². The van der Waals surface area contributed by atoms with Crippen LogP contribution in [-0.2, 0) is 0 Å². The highest BCUT2D eigenvalue weighted by Gasteiger charge is 2.11. The summed E-state index contributed by atoms with van der Waals surface area (Å²) < 4.78 is 31.4. The van der Waals surface area contributed by atoms with Gasteiger partial charge in [0.05, 0.1) is 6.61 Å². The molecule has 0 aromatic heterocycles. The number of rotatable bonds is 3. The zero-order chi connectivity index (χ0) is 10.7. The molecule has 1 aromatic carbocycles. The zero-order valence-electron chi connectivity index (χ0n) is 8.60. The lowest BCUT2D eigenvalue weighted by atomic mass is 10.2. The number of ether oxygens (including phenoxy) is 1. The maximum absolute atomic E-state index is 13.2. The number of hydrogen-bond donors (Lipinski definition) is 0. The molecule has 0 amide bonds. The third-order valence-electron chi connectivity index (χ3n) is 1.81. The number of aryl methyl sites for hydroxylation is 1. The Morgan fingerprint density at radius 2 is 1.86 bits per heavy atom. The molecule has 3 heteroatoms. The molecule has 0 aliphatic rings. The molecular weight excluding hydrogens is 186 g/mol. The van der Waals surface area contributed by atoms with Crippen molar-refractivity contribution in [2.75, 3.05) is 6.61 Å². The van der Waals surface area contributed by atoms with Crippen LogP contribution in [0.5, 0.6) is 5.75 Å². The Morgan fingerprint density at radius 3 is 2.43 bits per heavy atom. The van der Waals surface area contributed by atoms with Crippen molar-refractivity contribution in [3.05, 3.63) is 29.3 Å². The van der Waals surface area contributed by atoms with Gasteiger partial charge < -0.3 is 4.74 Å². The molecule has 0 radical (unpaired) electrons. The van der Waals surface area contributed by atoms with Gasteiger partial charge in [-0.2, -0.15) is 4.39 Å². The normalized spacial score (nSPS) is 10.7. The molecular formula is C11H14F2O. The summed E-state index contributed by atoms with van der Waals surface area (Å²) in [5, 5.41) is 0. The van der Waals surface area contributed by atoms with Gasteiger partial charge in [-0.15, -0.1) is 0 Å². The van der Waals surface area contributed by atoms with Crippen molar-refractivity contribution >= 4 is 0 Å². The van der Waals surface area contributed by atoms with E-state index >= 15 is 0 Å². The van der Waals surface area contributed by atoms with Crippen LogP contribution < -0.4 is 4.74 Å². The SMILES string of the molecule is Cc1ccc(OCC(C)C)c(F)c1F. The van der Waals surface area contributed by atoms with Crippen molar-refractivity contribution in [1.29, 1.82) is 0 Å². The fourth-order valence-corrected chi connectivity index (χ4v) is 0.996. The number of halogens is 2. The van der Waals surface area contributed by atoms with Crippen molar-refractivity contribution in [2.24, 2.45) is 5.92 Å². The first-order chi connectivity index (χ1) is 6.52. The highest BCUT2D eigenvalue weighted by molar-refractivity contribution is 5.30. The molecule has 0 unspecified atom stereocenters. The van der Waals surface area contributed by atoms with E-state index in [1.54, 1.807) is 0 Å². The van der Waals surface area contributed by atoms with Gasteiger partial charge in [-0.3, -0.25) is 0 Å². The predicted octanol–water partition coefficient (Wildman–Crippen LogP) is 3.31. The molecule has 1 rings (SSSR count). The number of benzene rings is 1. The van der Waals surface area contributed by atoms with Crippen molar-refractivity contribution in [2.45, 2.75) is 20.8 Å². The van der Waals surface area contributed by atoms with E-state index in [0.29, 0.717) is 18.1 Å². The molecule has 0 aliphatic heterocycles. The molecule has 14 heavy (non-hydrogen) atoms. The van der Waals surface area contributed by atoms with Crippen LogP contribution >= 0.6 is 0 Å². The van der Waals surface area contributed by atoms with E-state index in [0.717, 1.165) is 0 Å². The Kier molecular flexibility index (Phi) is 3.44. The molecule has 0 bridgehead atoms. The van der Waals surface area contributed by atoms with Gasteiger partial charge in [0.1, 0.15) is 0 Å². The molecule has 0 saturated heterocycles. The van der Waals surface area contributed by atoms with Crippen LogP contribution in [0.2, 0.25) is 0 Å². The highest BCUT2D eigenvalue weighted by Crippen LogP contribution is 2.22. The second-order valence-electron chi connectivity index (χ2n) is 3.71. The summed E-state index contributed by atoms with van der Waals surface area (Å²) in [4.78, 5) is 0. The lowest BCUT2D eigenvalue weighted by Crippen LogP contribution is -2.06. The summed E-state index contributed by atoms with van der Waals surface area (Å²) in [6.07, 6.45) is 0. The summed E-state index contributed by atoms with van der Waals surface area (Å²) in [7, 11) is 0. The van der Waals surface area contributed by atoms with Gasteiger partial charge in [0.15, 0.2) is 11.6 Å². The Morgan fingerprint density at radius 1 is 1.21 bits per heavy atom. The maximum Gasteiger partial charge on any atom is 0.200 e. The Balaban J connectivity index is 2.83. The van der Waals surface area contributed by atoms with E-state index in [2.05, 4.69) is 0 Å². The van der Waals surface area contributed by atoms with Crippen LogP contribution in [-0.4, -0.2) is 6.61 Å². The van der Waals surface area contributed by atoms with Crippen LogP contribution in [0.15, 0.2) is 12.1 Å². The van der Waals surface area contributed by atoms with Gasteiger partial charge in [-0.05, 0) is 24.5 Å². The molecule has 0 N–H and O–H groups in total. The molecule has 0 aliphatic carbocycles. The quantitative estimate of drug-likeness (QED) is 0.727. The summed E-state index contributed by atoms with van der Waals surface area (Å²) in [6, 6.07) is 2.96. The van der Waals surface area contributed by atoms with Crippen LogP contribution in [0.4, 0.5) is 8.78 Å². The third-order valence-corrected chi connectivity index (χ3v) is 1.81. The van der Waals surface area contributed by atoms with Crippen molar-refractivity contribution in [3.8, 4) is 5.75 Å². The zero-order valence-corrected chi connectivity index (χ0v) is 8.60. The molecule has 0 atom stereocenters. The van der Waals surface area contributed by atoms with Crippen molar-refractivity contribution < 1.29 is 13.5 Å². The Labute approximate surface area is 82.7 Å². The van der Waals surface area contributed by atoms with E-state index in [9.17, 15) is 8.78 Å². The number of hydrogen-bond acceptors (Lipinski definition) is 1. The van der Waals surface area contributed by atoms with E-state index in [-0.39, 0.29) is 5.75 Å². The van der Waals surface area contributed by atoms with Crippen molar-refractivity contribution in [1.82, 2.24) is 0 Å². The molecule has 0 spiro atoms. The average molecular weight is 200 g/mol. The van der Waals surface area contributed by atoms with Gasteiger partial charge in [0.25, 0.3) is 0 Å². The summed E-state index contributed by atoms with van der Waals surface area (Å²) in [5.41, 5.74) is 0.291. The monoisotopic (exact) mass is 200 g/mol. The minimum absolute atomic E-state index is 0.0122. The second-order valence-corrected chi connectivity index (χ2v) is 3.71. The summed E-state index contributed by atoms with van der Waals surface area (Å²) in [5.74, 6) is -1.45. The van der Waals surface area contributed by atoms with Crippen LogP contribution in [0.25, 0.3) is 0 Å². The fourth-order valence-electron chi connectivity index (χ4n) is 0.996. The summed E-state index contributed by atoms with van der Waals surface area (Å²) >= 11 is 0. The lowest BCUT2D eigenvalue weighted by molar-refractivity contribution is 0.255. The molecule has 0 fully saturated rings. The van der Waals surface area contributed by atoms with Gasteiger partial charge >= 0.3 is 0 Å². The molecule has 1 aromatic rings. The van der Waals surface area contributed by atoms with E-state index < -0.39 is 11.6 Å². The van der Waals surface area contributed by atoms with Gasteiger partial charge in [-0.25, -0.2) is 4.39 Å². The van der Waals surface area contributed by atoms with E-state index in [1.165, 1.54) is 19.1 Å². The topological polar surface area (TPSA) is 9.23 Å². The minimum atomic E-state index is -0.898. The second kappa shape index (κ2) is 4.40. The average Bonchev–Trinajstić information content (AvgIpc) is 2.13. The Hall–Kier alpha value is -1.12. The summed E-state index contributed by atoms with van der Waals surface area (Å²) in [6.45, 7) is 5.80. The molecule has 78 valence electrons. The van der Waals surface area contributed by atoms with Crippen LogP contribution in [0.3, 0.4) is 0 Å². The van der Waals surface area contributed by atoms with Gasteiger partial charge in [0.2, 0.25) is 5.82 Å².